The predicted molar refractivity (Wildman–Crippen MR) is 81.7 cm³/mol. The number of aromatic amines is 1. The van der Waals surface area contributed by atoms with Crippen LogP contribution in [-0.4, -0.2) is 23.0 Å². The van der Waals surface area contributed by atoms with Gasteiger partial charge in [0.2, 0.25) is 5.89 Å². The Morgan fingerprint density at radius 2 is 2.33 bits per heavy atom. The third kappa shape index (κ3) is 2.69. The van der Waals surface area contributed by atoms with Gasteiger partial charge in [0.1, 0.15) is 5.52 Å². The van der Waals surface area contributed by atoms with E-state index in [1.165, 1.54) is 7.11 Å². The van der Waals surface area contributed by atoms with Crippen LogP contribution in [0.1, 0.15) is 21.9 Å². The van der Waals surface area contributed by atoms with Crippen molar-refractivity contribution in [2.24, 2.45) is 0 Å². The molecule has 3 aromatic rings. The second-order valence-corrected chi connectivity index (χ2v) is 5.70. The van der Waals surface area contributed by atoms with Crippen LogP contribution in [0.2, 0.25) is 5.02 Å². The van der Waals surface area contributed by atoms with Gasteiger partial charge in [0.25, 0.3) is 0 Å². The van der Waals surface area contributed by atoms with Crippen molar-refractivity contribution in [3.8, 4) is 0 Å². The molecule has 108 valence electrons. The molecule has 3 rings (SSSR count). The number of nitrogens with one attached hydrogen (secondary N) is 1. The lowest BCUT2D eigenvalue weighted by atomic mass is 10.2. The van der Waals surface area contributed by atoms with Crippen LogP contribution < -0.4 is 0 Å². The number of benzene rings is 1. The Morgan fingerprint density at radius 1 is 1.52 bits per heavy atom. The largest absolute Gasteiger partial charge is 0.465 e. The average molecular weight is 370 g/mol. The molecule has 1 N–H and O–H groups in total. The van der Waals surface area contributed by atoms with Gasteiger partial charge < -0.3 is 14.1 Å². The summed E-state index contributed by atoms with van der Waals surface area (Å²) in [5, 5.41) is 0.484. The number of ether oxygens (including phenoxy) is 1. The van der Waals surface area contributed by atoms with E-state index in [0.717, 1.165) is 4.47 Å². The van der Waals surface area contributed by atoms with E-state index < -0.39 is 5.97 Å². The number of oxazole rings is 1. The van der Waals surface area contributed by atoms with Crippen molar-refractivity contribution in [1.82, 2.24) is 9.97 Å². The molecule has 5 nitrogen and oxygen atoms in total. The number of rotatable bonds is 3. The third-order valence-corrected chi connectivity index (χ3v) is 3.76. The number of H-pyrrole nitrogens is 1. The molecule has 0 aliphatic heterocycles. The summed E-state index contributed by atoms with van der Waals surface area (Å²) in [6, 6.07) is 5.23. The van der Waals surface area contributed by atoms with Gasteiger partial charge in [0.15, 0.2) is 5.58 Å². The van der Waals surface area contributed by atoms with Crippen LogP contribution >= 0.6 is 27.5 Å². The summed E-state index contributed by atoms with van der Waals surface area (Å²) in [6.07, 6.45) is 2.02. The molecule has 0 amide bonds. The summed E-state index contributed by atoms with van der Waals surface area (Å²) in [6.45, 7) is 0. The Kier molecular flexibility index (Phi) is 3.73. The van der Waals surface area contributed by atoms with Crippen molar-refractivity contribution >= 4 is 44.6 Å². The van der Waals surface area contributed by atoms with Crippen LogP contribution in [0.3, 0.4) is 0 Å². The van der Waals surface area contributed by atoms with Gasteiger partial charge in [-0.1, -0.05) is 27.5 Å². The van der Waals surface area contributed by atoms with E-state index >= 15 is 0 Å². The zero-order valence-electron chi connectivity index (χ0n) is 10.9. The van der Waals surface area contributed by atoms with E-state index in [1.54, 1.807) is 18.3 Å². The fourth-order valence-corrected chi connectivity index (χ4v) is 2.91. The summed E-state index contributed by atoms with van der Waals surface area (Å²) in [7, 11) is 1.34. The number of esters is 1. The zero-order valence-corrected chi connectivity index (χ0v) is 13.3. The number of fused-ring (bicyclic) bond motifs is 1. The average Bonchev–Trinajstić information content (AvgIpc) is 3.05. The van der Waals surface area contributed by atoms with E-state index in [-0.39, 0.29) is 0 Å². The van der Waals surface area contributed by atoms with Gasteiger partial charge in [-0.05, 0) is 18.2 Å². The molecule has 0 unspecified atom stereocenters. The van der Waals surface area contributed by atoms with Gasteiger partial charge in [-0.15, -0.1) is 0 Å². The highest BCUT2D eigenvalue weighted by atomic mass is 79.9. The third-order valence-electron chi connectivity index (χ3n) is 3.02. The lowest BCUT2D eigenvalue weighted by Gasteiger charge is -1.99. The van der Waals surface area contributed by atoms with Gasteiger partial charge in [-0.2, -0.15) is 0 Å². The SMILES string of the molecule is COC(=O)c1cc[nH]c1Cc1nc2cc(Br)cc(Cl)c2o1. The number of methoxy groups -OCH3 is 1. The number of carbonyl (C=O) groups excluding carboxylic acids is 1. The van der Waals surface area contributed by atoms with Crippen molar-refractivity contribution in [3.05, 3.63) is 51.0 Å². The standard InChI is InChI=1S/C14H10BrClN2O3/c1-20-14(19)8-2-3-17-10(8)6-12-18-11-5-7(15)4-9(16)13(11)21-12/h2-5,17H,6H2,1H3. The first-order valence-corrected chi connectivity index (χ1v) is 7.24. The van der Waals surface area contributed by atoms with Crippen molar-refractivity contribution < 1.29 is 13.9 Å². The maximum atomic E-state index is 11.6. The summed E-state index contributed by atoms with van der Waals surface area (Å²) >= 11 is 9.48. The van der Waals surface area contributed by atoms with Gasteiger partial charge in [0, 0.05) is 16.4 Å². The Bertz CT molecular complexity index is 825. The smallest absolute Gasteiger partial charge is 0.339 e. The second kappa shape index (κ2) is 5.54. The molecule has 7 heteroatoms. The van der Waals surface area contributed by atoms with E-state index in [1.807, 2.05) is 6.07 Å². The minimum Gasteiger partial charge on any atom is -0.465 e. The van der Waals surface area contributed by atoms with Crippen molar-refractivity contribution in [2.45, 2.75) is 6.42 Å². The Morgan fingerprint density at radius 3 is 3.10 bits per heavy atom. The lowest BCUT2D eigenvalue weighted by Crippen LogP contribution is -2.04. The number of carbonyl (C=O) groups is 1. The number of hydrogen-bond acceptors (Lipinski definition) is 4. The highest BCUT2D eigenvalue weighted by molar-refractivity contribution is 9.10. The second-order valence-electron chi connectivity index (χ2n) is 4.38. The fraction of sp³-hybridized carbons (Fsp3) is 0.143. The zero-order chi connectivity index (χ0) is 15.0. The van der Waals surface area contributed by atoms with Crippen LogP contribution in [0.15, 0.2) is 33.3 Å². The van der Waals surface area contributed by atoms with E-state index in [9.17, 15) is 4.79 Å². The number of aromatic nitrogens is 2. The monoisotopic (exact) mass is 368 g/mol. The van der Waals surface area contributed by atoms with Gasteiger partial charge in [-0.25, -0.2) is 9.78 Å². The molecule has 0 radical (unpaired) electrons. The van der Waals surface area contributed by atoms with Crippen molar-refractivity contribution in [1.29, 1.82) is 0 Å². The van der Waals surface area contributed by atoms with Gasteiger partial charge in [0.05, 0.1) is 24.1 Å². The molecule has 0 aliphatic carbocycles. The fourth-order valence-electron chi connectivity index (χ4n) is 2.08. The molecule has 0 spiro atoms. The Balaban J connectivity index is 1.97. The molecule has 1 aromatic carbocycles. The molecule has 2 heterocycles. The van der Waals surface area contributed by atoms with E-state index in [2.05, 4.69) is 25.9 Å². The van der Waals surface area contributed by atoms with Crippen LogP contribution in [0.5, 0.6) is 0 Å². The summed E-state index contributed by atoms with van der Waals surface area (Å²) in [5.74, 6) is 0.0701. The molecular weight excluding hydrogens is 360 g/mol. The molecule has 0 atom stereocenters. The van der Waals surface area contributed by atoms with Gasteiger partial charge in [-0.3, -0.25) is 0 Å². The summed E-state index contributed by atoms with van der Waals surface area (Å²) < 4.78 is 11.2. The van der Waals surface area contributed by atoms with Crippen LogP contribution in [0, 0.1) is 0 Å². The van der Waals surface area contributed by atoms with Crippen LogP contribution in [0.25, 0.3) is 11.1 Å². The quantitative estimate of drug-likeness (QED) is 0.710. The minimum atomic E-state index is -0.400. The first-order chi connectivity index (χ1) is 10.1. The first kappa shape index (κ1) is 14.2. The number of nitrogens with zero attached hydrogens (tertiary/aromatic N) is 1. The van der Waals surface area contributed by atoms with E-state index in [4.69, 9.17) is 20.8 Å². The van der Waals surface area contributed by atoms with Crippen molar-refractivity contribution in [2.75, 3.05) is 7.11 Å². The highest BCUT2D eigenvalue weighted by Gasteiger charge is 2.17. The normalized spacial score (nSPS) is 11.0. The topological polar surface area (TPSA) is 68.1 Å². The maximum absolute atomic E-state index is 11.6. The summed E-state index contributed by atoms with van der Waals surface area (Å²) in [5.41, 5.74) is 2.34. The minimum absolute atomic E-state index is 0.347. The highest BCUT2D eigenvalue weighted by Crippen LogP contribution is 2.29. The van der Waals surface area contributed by atoms with E-state index in [0.29, 0.717) is 39.7 Å². The Hall–Kier alpha value is -1.79. The molecule has 0 saturated heterocycles. The predicted octanol–water partition coefficient (Wildman–Crippen LogP) is 3.95. The van der Waals surface area contributed by atoms with Crippen LogP contribution in [0.4, 0.5) is 0 Å². The first-order valence-electron chi connectivity index (χ1n) is 6.07. The molecule has 0 bridgehead atoms. The molecule has 2 aromatic heterocycles. The Labute approximate surface area is 133 Å². The molecular formula is C14H10BrClN2O3. The lowest BCUT2D eigenvalue weighted by molar-refractivity contribution is 0.0600. The molecule has 0 fully saturated rings. The number of halogens is 2. The van der Waals surface area contributed by atoms with Gasteiger partial charge >= 0.3 is 5.97 Å². The molecule has 0 saturated carbocycles. The maximum Gasteiger partial charge on any atom is 0.339 e. The molecule has 0 aliphatic rings. The van der Waals surface area contributed by atoms with Crippen LogP contribution in [-0.2, 0) is 11.2 Å². The number of hydrogen-bond donors (Lipinski definition) is 1. The molecule has 21 heavy (non-hydrogen) atoms. The summed E-state index contributed by atoms with van der Waals surface area (Å²) in [4.78, 5) is 19.0. The van der Waals surface area contributed by atoms with Crippen molar-refractivity contribution in [3.63, 3.8) is 0 Å².